The highest BCUT2D eigenvalue weighted by Crippen LogP contribution is 2.43. The summed E-state index contributed by atoms with van der Waals surface area (Å²) in [5.41, 5.74) is -1.78. The topological polar surface area (TPSA) is 115 Å². The molecule has 2 aromatic heterocycles. The highest BCUT2D eigenvalue weighted by atomic mass is 35.5. The molecule has 220 valence electrons. The molecule has 4 rings (SSSR count). The first-order valence-corrected chi connectivity index (χ1v) is 12.9. The summed E-state index contributed by atoms with van der Waals surface area (Å²) in [5.74, 6) is -4.68. The summed E-state index contributed by atoms with van der Waals surface area (Å²) in [6, 6.07) is 3.30. The molecule has 0 aliphatic carbocycles. The summed E-state index contributed by atoms with van der Waals surface area (Å²) >= 11 is 6.80. The van der Waals surface area contributed by atoms with Crippen LogP contribution in [0.3, 0.4) is 0 Å². The minimum atomic E-state index is -4.77. The summed E-state index contributed by atoms with van der Waals surface area (Å²) in [6.07, 6.45) is -7.51. The standard InChI is InChI=1S/C24H20ClF6N5O4S/c1-10(37)20-21(38-2)19(36-8-16(34-35-36)11-3-13(26)18(28)14(27)4-11)22(39-9-24(29,30)31)23(40-20)41-17-5-12(25)7-33-15(17)6-32/h3-5,7-8,10,19-23,37H,9H2,1-2H3/t10-,19?,20?,21-,22?,23-/m1/s1. The number of nitrogens with zero attached hydrogens (tertiary/aromatic N) is 5. The van der Waals surface area contributed by atoms with Crippen LogP contribution in [0.2, 0.25) is 5.02 Å². The smallest absolute Gasteiger partial charge is 0.391 e. The molecule has 1 N–H and O–H groups in total. The third-order valence-electron chi connectivity index (χ3n) is 6.01. The first kappa shape index (κ1) is 31.0. The van der Waals surface area contributed by atoms with Gasteiger partial charge in [-0.25, -0.2) is 22.8 Å². The third-order valence-corrected chi connectivity index (χ3v) is 7.39. The van der Waals surface area contributed by atoms with Gasteiger partial charge < -0.3 is 19.3 Å². The number of benzene rings is 1. The number of hydrogen-bond donors (Lipinski definition) is 1. The fourth-order valence-corrected chi connectivity index (χ4v) is 5.69. The molecular formula is C24H20ClF6N5O4S. The van der Waals surface area contributed by atoms with Crippen LogP contribution in [0.5, 0.6) is 0 Å². The number of pyridine rings is 1. The van der Waals surface area contributed by atoms with Gasteiger partial charge in [0, 0.05) is 23.8 Å². The quantitative estimate of drug-likeness (QED) is 0.282. The molecule has 0 bridgehead atoms. The SMILES string of the molecule is CO[C@H]1C([C@@H](C)O)O[C@H](Sc2cc(Cl)cnc2C#N)C(OCC(F)(F)F)C1n1cc(-c2cc(F)c(F)c(F)c2)nn1. The van der Waals surface area contributed by atoms with Crippen molar-refractivity contribution in [2.45, 2.75) is 53.9 Å². The lowest BCUT2D eigenvalue weighted by Gasteiger charge is -2.46. The highest BCUT2D eigenvalue weighted by Gasteiger charge is 2.51. The van der Waals surface area contributed by atoms with E-state index in [-0.39, 0.29) is 26.9 Å². The van der Waals surface area contributed by atoms with E-state index in [0.717, 1.165) is 22.6 Å². The average Bonchev–Trinajstić information content (AvgIpc) is 3.39. The Morgan fingerprint density at radius 2 is 1.90 bits per heavy atom. The van der Waals surface area contributed by atoms with Crippen molar-refractivity contribution >= 4 is 23.4 Å². The van der Waals surface area contributed by atoms with Gasteiger partial charge in [0.1, 0.15) is 48.2 Å². The number of methoxy groups -OCH3 is 1. The Labute approximate surface area is 238 Å². The van der Waals surface area contributed by atoms with E-state index in [4.69, 9.17) is 25.8 Å². The molecule has 3 unspecified atom stereocenters. The Kier molecular flexibility index (Phi) is 9.46. The fourth-order valence-electron chi connectivity index (χ4n) is 4.26. The minimum absolute atomic E-state index is 0.0972. The third kappa shape index (κ3) is 6.93. The Morgan fingerprint density at radius 1 is 1.22 bits per heavy atom. The minimum Gasteiger partial charge on any atom is -0.391 e. The van der Waals surface area contributed by atoms with Crippen molar-refractivity contribution in [3.05, 3.63) is 58.8 Å². The van der Waals surface area contributed by atoms with Crippen molar-refractivity contribution in [1.29, 1.82) is 5.26 Å². The van der Waals surface area contributed by atoms with Gasteiger partial charge in [-0.15, -0.1) is 5.10 Å². The predicted molar refractivity (Wildman–Crippen MR) is 131 cm³/mol. The van der Waals surface area contributed by atoms with Crippen molar-refractivity contribution in [3.8, 4) is 17.3 Å². The number of ether oxygens (including phenoxy) is 3. The zero-order chi connectivity index (χ0) is 30.1. The predicted octanol–water partition coefficient (Wildman–Crippen LogP) is 4.68. The van der Waals surface area contributed by atoms with Gasteiger partial charge in [0.05, 0.1) is 17.3 Å². The first-order valence-electron chi connectivity index (χ1n) is 11.7. The van der Waals surface area contributed by atoms with Gasteiger partial charge >= 0.3 is 6.18 Å². The van der Waals surface area contributed by atoms with Crippen LogP contribution < -0.4 is 0 Å². The highest BCUT2D eigenvalue weighted by molar-refractivity contribution is 7.99. The molecule has 0 saturated carbocycles. The van der Waals surface area contributed by atoms with Crippen LogP contribution in [-0.4, -0.2) is 74.8 Å². The maximum absolute atomic E-state index is 13.9. The van der Waals surface area contributed by atoms with Crippen LogP contribution >= 0.6 is 23.4 Å². The van der Waals surface area contributed by atoms with Crippen molar-refractivity contribution in [3.63, 3.8) is 0 Å². The zero-order valence-electron chi connectivity index (χ0n) is 21.0. The van der Waals surface area contributed by atoms with Gasteiger partial charge in [-0.1, -0.05) is 28.6 Å². The van der Waals surface area contributed by atoms with E-state index in [0.29, 0.717) is 12.1 Å². The number of thioether (sulfide) groups is 1. The lowest BCUT2D eigenvalue weighted by atomic mass is 9.93. The fraction of sp³-hybridized carbons (Fsp3) is 0.417. The summed E-state index contributed by atoms with van der Waals surface area (Å²) < 4.78 is 99.1. The largest absolute Gasteiger partial charge is 0.411 e. The van der Waals surface area contributed by atoms with Gasteiger partial charge in [0.2, 0.25) is 0 Å². The second-order valence-electron chi connectivity index (χ2n) is 8.86. The van der Waals surface area contributed by atoms with Crippen LogP contribution in [0.25, 0.3) is 11.3 Å². The van der Waals surface area contributed by atoms with E-state index >= 15 is 0 Å². The molecular weight excluding hydrogens is 604 g/mol. The molecule has 41 heavy (non-hydrogen) atoms. The maximum atomic E-state index is 13.9. The van der Waals surface area contributed by atoms with E-state index in [2.05, 4.69) is 15.3 Å². The number of rotatable bonds is 8. The summed E-state index contributed by atoms with van der Waals surface area (Å²) in [5, 5.41) is 27.9. The molecule has 9 nitrogen and oxygen atoms in total. The van der Waals surface area contributed by atoms with Gasteiger partial charge in [-0.3, -0.25) is 0 Å². The number of halogens is 7. The van der Waals surface area contributed by atoms with Crippen LogP contribution in [0, 0.1) is 28.8 Å². The molecule has 0 spiro atoms. The number of aliphatic hydroxyl groups excluding tert-OH is 1. The van der Waals surface area contributed by atoms with Crippen LogP contribution in [0.1, 0.15) is 18.7 Å². The van der Waals surface area contributed by atoms with E-state index < -0.39 is 66.1 Å². The summed E-state index contributed by atoms with van der Waals surface area (Å²) in [4.78, 5) is 4.07. The maximum Gasteiger partial charge on any atom is 0.411 e. The second-order valence-corrected chi connectivity index (χ2v) is 10.4. The number of nitriles is 1. The summed E-state index contributed by atoms with van der Waals surface area (Å²) in [7, 11) is 1.22. The lowest BCUT2D eigenvalue weighted by Crippen LogP contribution is -2.58. The molecule has 3 heterocycles. The Morgan fingerprint density at radius 3 is 2.49 bits per heavy atom. The summed E-state index contributed by atoms with van der Waals surface area (Å²) in [6.45, 7) is -0.357. The van der Waals surface area contributed by atoms with E-state index in [1.807, 2.05) is 6.07 Å². The molecule has 1 aliphatic rings. The number of aliphatic hydroxyl groups is 1. The van der Waals surface area contributed by atoms with Crippen LogP contribution in [0.4, 0.5) is 26.3 Å². The van der Waals surface area contributed by atoms with Crippen LogP contribution in [0.15, 0.2) is 35.5 Å². The van der Waals surface area contributed by atoms with E-state index in [9.17, 15) is 36.7 Å². The number of hydrogen-bond acceptors (Lipinski definition) is 9. The van der Waals surface area contributed by atoms with E-state index in [1.54, 1.807) is 0 Å². The molecule has 1 fully saturated rings. The molecule has 17 heteroatoms. The Hall–Kier alpha value is -2.94. The van der Waals surface area contributed by atoms with Crippen molar-refractivity contribution in [2.75, 3.05) is 13.7 Å². The van der Waals surface area contributed by atoms with Gasteiger partial charge in [-0.2, -0.15) is 18.4 Å². The van der Waals surface area contributed by atoms with E-state index in [1.165, 1.54) is 26.3 Å². The molecule has 3 aromatic rings. The first-order chi connectivity index (χ1) is 19.3. The molecule has 6 atom stereocenters. The van der Waals surface area contributed by atoms with Crippen molar-refractivity contribution in [2.24, 2.45) is 0 Å². The zero-order valence-corrected chi connectivity index (χ0v) is 22.6. The number of alkyl halides is 3. The Balaban J connectivity index is 1.81. The van der Waals surface area contributed by atoms with Gasteiger partial charge in [0.15, 0.2) is 23.1 Å². The average molecular weight is 624 g/mol. The molecule has 1 aromatic carbocycles. The molecule has 1 aliphatic heterocycles. The van der Waals surface area contributed by atoms with Crippen LogP contribution in [-0.2, 0) is 14.2 Å². The second kappa shape index (κ2) is 12.5. The van der Waals surface area contributed by atoms with Gasteiger partial charge in [0.25, 0.3) is 0 Å². The molecule has 1 saturated heterocycles. The van der Waals surface area contributed by atoms with Gasteiger partial charge in [-0.05, 0) is 25.1 Å². The van der Waals surface area contributed by atoms with Crippen molar-refractivity contribution < 1.29 is 45.7 Å². The monoisotopic (exact) mass is 623 g/mol. The normalized spacial score (nSPS) is 23.8. The van der Waals surface area contributed by atoms with Crippen molar-refractivity contribution in [1.82, 2.24) is 20.0 Å². The molecule has 0 radical (unpaired) electrons. The lowest BCUT2D eigenvalue weighted by molar-refractivity contribution is -0.243. The molecule has 0 amide bonds. The number of aromatic nitrogens is 4. The Bertz CT molecular complexity index is 1420.